The smallest absolute Gasteiger partial charge is 0.291 e. The minimum Gasteiger partial charge on any atom is -0.454 e. The number of benzene rings is 3. The van der Waals surface area contributed by atoms with E-state index in [-0.39, 0.29) is 36.0 Å². The van der Waals surface area contributed by atoms with Gasteiger partial charge in [0.25, 0.3) is 5.91 Å². The predicted molar refractivity (Wildman–Crippen MR) is 123 cm³/mol. The second kappa shape index (κ2) is 7.54. The van der Waals surface area contributed by atoms with Gasteiger partial charge in [0, 0.05) is 6.54 Å². The molecule has 4 aromatic rings. The quantitative estimate of drug-likeness (QED) is 0.383. The lowest BCUT2D eigenvalue weighted by Crippen LogP contribution is -2.29. The monoisotopic (exact) mass is 479 g/mol. The highest BCUT2D eigenvalue weighted by atomic mass is 35.5. The molecule has 1 aromatic heterocycles. The van der Waals surface area contributed by atoms with Crippen molar-refractivity contribution in [2.75, 3.05) is 6.79 Å². The van der Waals surface area contributed by atoms with E-state index < -0.39 is 6.04 Å². The zero-order chi connectivity index (χ0) is 22.7. The summed E-state index contributed by atoms with van der Waals surface area (Å²) in [7, 11) is 0. The lowest BCUT2D eigenvalue weighted by atomic mass is 9.98. The van der Waals surface area contributed by atoms with E-state index in [0.29, 0.717) is 38.1 Å². The Morgan fingerprint density at radius 2 is 1.73 bits per heavy atom. The topological polar surface area (TPSA) is 69.0 Å². The molecule has 0 spiro atoms. The SMILES string of the molecule is O=C1c2oc3ccccc3c(=O)c2C(c2ccc(Cl)c(Cl)c2)N1Cc1ccc2c(c1)OCO2. The average Bonchev–Trinajstić information content (AvgIpc) is 3.39. The van der Waals surface area contributed by atoms with Crippen LogP contribution in [0, 0.1) is 0 Å². The summed E-state index contributed by atoms with van der Waals surface area (Å²) in [6.07, 6.45) is 0. The number of carbonyl (C=O) groups excluding carboxylic acids is 1. The summed E-state index contributed by atoms with van der Waals surface area (Å²) in [5.74, 6) is 0.929. The Balaban J connectivity index is 1.53. The molecule has 6 nitrogen and oxygen atoms in total. The van der Waals surface area contributed by atoms with E-state index in [1.54, 1.807) is 53.4 Å². The molecule has 2 aliphatic heterocycles. The Morgan fingerprint density at radius 1 is 0.909 bits per heavy atom. The van der Waals surface area contributed by atoms with E-state index in [9.17, 15) is 9.59 Å². The van der Waals surface area contributed by atoms with Gasteiger partial charge in [0.1, 0.15) is 5.58 Å². The van der Waals surface area contributed by atoms with Crippen LogP contribution in [0.1, 0.15) is 33.3 Å². The van der Waals surface area contributed by atoms with Crippen molar-refractivity contribution < 1.29 is 18.7 Å². The highest BCUT2D eigenvalue weighted by Crippen LogP contribution is 2.41. The van der Waals surface area contributed by atoms with Gasteiger partial charge in [-0.05, 0) is 47.5 Å². The van der Waals surface area contributed by atoms with E-state index in [1.807, 2.05) is 12.1 Å². The number of hydrogen-bond acceptors (Lipinski definition) is 5. The van der Waals surface area contributed by atoms with Crippen LogP contribution in [0.15, 0.2) is 69.9 Å². The van der Waals surface area contributed by atoms with E-state index in [2.05, 4.69) is 0 Å². The van der Waals surface area contributed by atoms with Gasteiger partial charge < -0.3 is 18.8 Å². The maximum Gasteiger partial charge on any atom is 0.291 e. The molecule has 8 heteroatoms. The molecule has 164 valence electrons. The van der Waals surface area contributed by atoms with Crippen molar-refractivity contribution in [2.45, 2.75) is 12.6 Å². The first kappa shape index (κ1) is 20.1. The number of carbonyl (C=O) groups is 1. The molecule has 0 radical (unpaired) electrons. The molecule has 3 heterocycles. The Bertz CT molecular complexity index is 1510. The maximum absolute atomic E-state index is 13.5. The van der Waals surface area contributed by atoms with Crippen LogP contribution < -0.4 is 14.9 Å². The zero-order valence-corrected chi connectivity index (χ0v) is 18.5. The fourth-order valence-corrected chi connectivity index (χ4v) is 4.70. The highest BCUT2D eigenvalue weighted by molar-refractivity contribution is 6.42. The van der Waals surface area contributed by atoms with Gasteiger partial charge in [0.05, 0.1) is 27.0 Å². The van der Waals surface area contributed by atoms with Gasteiger partial charge in [0.15, 0.2) is 16.9 Å². The summed E-state index contributed by atoms with van der Waals surface area (Å²) in [5, 5.41) is 1.14. The molecule has 3 aromatic carbocycles. The highest BCUT2D eigenvalue weighted by Gasteiger charge is 2.43. The Kier molecular flexibility index (Phi) is 4.60. The molecule has 0 N–H and O–H groups in total. The van der Waals surface area contributed by atoms with Crippen LogP contribution >= 0.6 is 23.2 Å². The molecule has 1 unspecified atom stereocenters. The number of hydrogen-bond donors (Lipinski definition) is 0. The molecule has 1 atom stereocenters. The summed E-state index contributed by atoms with van der Waals surface area (Å²) in [4.78, 5) is 28.7. The third kappa shape index (κ3) is 3.17. The van der Waals surface area contributed by atoms with Crippen LogP contribution in [0.5, 0.6) is 11.5 Å². The lowest BCUT2D eigenvalue weighted by Gasteiger charge is -2.25. The molecule has 33 heavy (non-hydrogen) atoms. The van der Waals surface area contributed by atoms with Crippen molar-refractivity contribution in [2.24, 2.45) is 0 Å². The van der Waals surface area contributed by atoms with Crippen LogP contribution in [-0.4, -0.2) is 17.6 Å². The fraction of sp³-hybridized carbons (Fsp3) is 0.120. The predicted octanol–water partition coefficient (Wildman–Crippen LogP) is 5.57. The van der Waals surface area contributed by atoms with Gasteiger partial charge >= 0.3 is 0 Å². The van der Waals surface area contributed by atoms with Gasteiger partial charge in [-0.25, -0.2) is 0 Å². The summed E-state index contributed by atoms with van der Waals surface area (Å²) in [6.45, 7) is 0.379. The first-order valence-corrected chi connectivity index (χ1v) is 11.0. The first-order chi connectivity index (χ1) is 16.0. The Morgan fingerprint density at radius 3 is 2.58 bits per heavy atom. The van der Waals surface area contributed by atoms with Crippen LogP contribution in [0.3, 0.4) is 0 Å². The van der Waals surface area contributed by atoms with Gasteiger partial charge in [-0.3, -0.25) is 9.59 Å². The van der Waals surface area contributed by atoms with Crippen molar-refractivity contribution >= 4 is 40.1 Å². The minimum atomic E-state index is -0.687. The maximum atomic E-state index is 13.5. The summed E-state index contributed by atoms with van der Waals surface area (Å²) < 4.78 is 16.8. The van der Waals surface area contributed by atoms with Crippen LogP contribution in [0.4, 0.5) is 0 Å². The van der Waals surface area contributed by atoms with Gasteiger partial charge in [0.2, 0.25) is 12.6 Å². The molecular weight excluding hydrogens is 465 g/mol. The number of fused-ring (bicyclic) bond motifs is 3. The minimum absolute atomic E-state index is 0.0375. The molecule has 0 bridgehead atoms. The van der Waals surface area contributed by atoms with Crippen LogP contribution in [0.25, 0.3) is 11.0 Å². The number of nitrogens with zero attached hydrogens (tertiary/aromatic N) is 1. The van der Waals surface area contributed by atoms with E-state index >= 15 is 0 Å². The Hall–Kier alpha value is -3.48. The van der Waals surface area contributed by atoms with Crippen molar-refractivity contribution in [1.82, 2.24) is 4.90 Å². The number of rotatable bonds is 3. The van der Waals surface area contributed by atoms with Crippen molar-refractivity contribution in [1.29, 1.82) is 0 Å². The molecule has 0 saturated carbocycles. The van der Waals surface area contributed by atoms with Crippen molar-refractivity contribution in [3.63, 3.8) is 0 Å². The molecule has 6 rings (SSSR count). The third-order valence-electron chi connectivity index (χ3n) is 5.92. The van der Waals surface area contributed by atoms with Crippen LogP contribution in [0.2, 0.25) is 10.0 Å². The molecular formula is C25H15Cl2NO5. The molecule has 0 aliphatic carbocycles. The number of ether oxygens (including phenoxy) is 2. The molecule has 1 amide bonds. The second-order valence-electron chi connectivity index (χ2n) is 7.87. The number of amides is 1. The van der Waals surface area contributed by atoms with E-state index in [1.165, 1.54) is 0 Å². The third-order valence-corrected chi connectivity index (χ3v) is 6.66. The first-order valence-electron chi connectivity index (χ1n) is 10.2. The fourth-order valence-electron chi connectivity index (χ4n) is 4.40. The zero-order valence-electron chi connectivity index (χ0n) is 17.0. The summed E-state index contributed by atoms with van der Waals surface area (Å²) in [5.41, 5.74) is 1.90. The molecule has 0 fully saturated rings. The van der Waals surface area contributed by atoms with Gasteiger partial charge in [-0.1, -0.05) is 47.5 Å². The van der Waals surface area contributed by atoms with Gasteiger partial charge in [-0.15, -0.1) is 0 Å². The standard InChI is InChI=1S/C25H15Cl2NO5/c26-16-7-6-14(10-17(16)27)22-21-23(29)15-3-1-2-4-18(15)33-24(21)25(30)28(22)11-13-5-8-19-20(9-13)32-12-31-19/h1-10,22H,11-12H2. The summed E-state index contributed by atoms with van der Waals surface area (Å²) in [6, 6.07) is 16.8. The number of halogens is 2. The average molecular weight is 480 g/mol. The normalized spacial score (nSPS) is 16.5. The van der Waals surface area contributed by atoms with Gasteiger partial charge in [-0.2, -0.15) is 0 Å². The largest absolute Gasteiger partial charge is 0.454 e. The van der Waals surface area contributed by atoms with Crippen molar-refractivity contribution in [3.8, 4) is 11.5 Å². The second-order valence-corrected chi connectivity index (χ2v) is 8.68. The number of para-hydroxylation sites is 1. The van der Waals surface area contributed by atoms with Crippen LogP contribution in [-0.2, 0) is 6.54 Å². The van der Waals surface area contributed by atoms with Crippen molar-refractivity contribution in [3.05, 3.63) is 103 Å². The molecule has 0 saturated heterocycles. The Labute approximate surface area is 197 Å². The lowest BCUT2D eigenvalue weighted by molar-refractivity contribution is 0.0714. The summed E-state index contributed by atoms with van der Waals surface area (Å²) >= 11 is 12.4. The van der Waals surface area contributed by atoms with E-state index in [0.717, 1.165) is 5.56 Å². The molecule has 2 aliphatic rings. The van der Waals surface area contributed by atoms with E-state index in [4.69, 9.17) is 37.1 Å².